The highest BCUT2D eigenvalue weighted by Crippen LogP contribution is 2.34. The number of azide groups is 1. The van der Waals surface area contributed by atoms with Crippen LogP contribution in [0.25, 0.3) is 21.3 Å². The van der Waals surface area contributed by atoms with Crippen LogP contribution in [-0.4, -0.2) is 145 Å². The number of Topliss-reactive ketones (excluding diaryl/α,β-unsaturated/α-hetero) is 1. The zero-order valence-electron chi connectivity index (χ0n) is 28.6. The molecule has 1 aliphatic rings. The number of ether oxygens (including phenoxy) is 7. The number of piperazine rings is 1. The molecule has 1 saturated heterocycles. The number of fused-ring (bicyclic) bond motifs is 1. The van der Waals surface area contributed by atoms with Crippen molar-refractivity contribution in [1.82, 2.24) is 14.8 Å². The van der Waals surface area contributed by atoms with Gasteiger partial charge in [0.15, 0.2) is 0 Å². The van der Waals surface area contributed by atoms with Crippen LogP contribution in [0, 0.1) is 0 Å². The van der Waals surface area contributed by atoms with Crippen molar-refractivity contribution in [3.05, 3.63) is 68.6 Å². The minimum atomic E-state index is -0.632. The van der Waals surface area contributed by atoms with Crippen molar-refractivity contribution < 1.29 is 47.5 Å². The third kappa shape index (κ3) is 12.2. The zero-order chi connectivity index (χ0) is 36.3. The van der Waals surface area contributed by atoms with Crippen LogP contribution in [0.4, 0.5) is 0 Å². The number of methoxy groups -OCH3 is 1. The number of nitrogens with zero attached hydrogens (tertiary/aromatic N) is 5. The Bertz CT molecular complexity index is 1610. The molecule has 51 heavy (non-hydrogen) atoms. The van der Waals surface area contributed by atoms with E-state index in [0.717, 1.165) is 4.47 Å². The third-order valence-electron chi connectivity index (χ3n) is 7.74. The summed E-state index contributed by atoms with van der Waals surface area (Å²) in [7, 11) is 1.51. The van der Waals surface area contributed by atoms with E-state index in [9.17, 15) is 14.4 Å². The summed E-state index contributed by atoms with van der Waals surface area (Å²) in [6, 6.07) is 10.4. The fourth-order valence-corrected chi connectivity index (χ4v) is 5.58. The van der Waals surface area contributed by atoms with Gasteiger partial charge in [-0.2, -0.15) is 0 Å². The van der Waals surface area contributed by atoms with Crippen LogP contribution < -0.4 is 9.47 Å². The average Bonchev–Trinajstić information content (AvgIpc) is 3.62. The number of rotatable bonds is 23. The second kappa shape index (κ2) is 21.9. The van der Waals surface area contributed by atoms with Crippen LogP contribution in [0.2, 0.25) is 0 Å². The van der Waals surface area contributed by atoms with Crippen molar-refractivity contribution in [1.29, 1.82) is 0 Å². The summed E-state index contributed by atoms with van der Waals surface area (Å²) < 4.78 is 38.9. The van der Waals surface area contributed by atoms with Gasteiger partial charge in [0.1, 0.15) is 18.1 Å². The number of nitrogens with one attached hydrogen (secondary N) is 1. The van der Waals surface area contributed by atoms with E-state index < -0.39 is 11.7 Å². The molecule has 4 rings (SSSR count). The zero-order valence-corrected chi connectivity index (χ0v) is 30.1. The molecule has 276 valence electrons. The van der Waals surface area contributed by atoms with E-state index in [4.69, 9.17) is 38.7 Å². The topological polar surface area (TPSA) is 187 Å². The minimum absolute atomic E-state index is 0.157. The maximum Gasteiger partial charge on any atom is 0.295 e. The first-order chi connectivity index (χ1) is 24.9. The molecule has 2 amide bonds. The maximum atomic E-state index is 13.2. The van der Waals surface area contributed by atoms with Crippen molar-refractivity contribution in [3.63, 3.8) is 0 Å². The Morgan fingerprint density at radius 2 is 1.33 bits per heavy atom. The van der Waals surface area contributed by atoms with Crippen LogP contribution in [0.1, 0.15) is 20.7 Å². The van der Waals surface area contributed by atoms with Crippen molar-refractivity contribution in [2.45, 2.75) is 0 Å². The summed E-state index contributed by atoms with van der Waals surface area (Å²) in [6.07, 6.45) is 1.52. The predicted octanol–water partition coefficient (Wildman–Crippen LogP) is 3.88. The Kier molecular flexibility index (Phi) is 17.0. The molecule has 3 aromatic rings. The van der Waals surface area contributed by atoms with E-state index >= 15 is 0 Å². The second-order valence-electron chi connectivity index (χ2n) is 11.0. The highest BCUT2D eigenvalue weighted by molar-refractivity contribution is 9.10. The Hall–Kier alpha value is -4.22. The van der Waals surface area contributed by atoms with Gasteiger partial charge in [-0.3, -0.25) is 14.4 Å². The van der Waals surface area contributed by atoms with Gasteiger partial charge in [0.2, 0.25) is 0 Å². The number of H-pyrrole nitrogens is 1. The standard InChI is InChI=1S/C34H43BrN6O10/c1-45-29-7-6-28(35)31-30(29)27(24-37-31)32(42)34(44)41-11-9-40(10-12-41)33(43)25-2-4-26(5-3-25)51-23-22-50-21-20-49-19-18-48-17-16-47-15-14-46-13-8-38-39-36/h2-7,24,37H,8-23H2,1H3. The van der Waals surface area contributed by atoms with E-state index in [1.807, 2.05) is 0 Å². The highest BCUT2D eigenvalue weighted by atomic mass is 79.9. The van der Waals surface area contributed by atoms with Crippen molar-refractivity contribution in [2.75, 3.05) is 113 Å². The van der Waals surface area contributed by atoms with Crippen molar-refractivity contribution >= 4 is 44.4 Å². The first-order valence-corrected chi connectivity index (χ1v) is 17.3. The largest absolute Gasteiger partial charge is 0.496 e. The number of amides is 2. The fraction of sp³-hybridized carbons (Fsp3) is 0.500. The molecule has 0 bridgehead atoms. The molecule has 0 radical (unpaired) electrons. The van der Waals surface area contributed by atoms with Gasteiger partial charge in [-0.1, -0.05) is 5.11 Å². The Morgan fingerprint density at radius 1 is 0.784 bits per heavy atom. The number of aromatic nitrogens is 1. The van der Waals surface area contributed by atoms with E-state index in [0.29, 0.717) is 120 Å². The first-order valence-electron chi connectivity index (χ1n) is 16.5. The van der Waals surface area contributed by atoms with Gasteiger partial charge in [0, 0.05) is 53.9 Å². The summed E-state index contributed by atoms with van der Waals surface area (Å²) in [5.41, 5.74) is 9.58. The monoisotopic (exact) mass is 774 g/mol. The van der Waals surface area contributed by atoms with Gasteiger partial charge in [-0.05, 0) is 57.9 Å². The molecule has 0 atom stereocenters. The molecule has 1 fully saturated rings. The normalized spacial score (nSPS) is 12.9. The number of ketones is 1. The summed E-state index contributed by atoms with van der Waals surface area (Å²) in [6.45, 7) is 6.05. The van der Waals surface area contributed by atoms with Crippen molar-refractivity contribution in [2.24, 2.45) is 5.11 Å². The molecule has 0 saturated carbocycles. The molecular weight excluding hydrogens is 732 g/mol. The molecule has 0 unspecified atom stereocenters. The van der Waals surface area contributed by atoms with Gasteiger partial charge in [-0.25, -0.2) is 0 Å². The van der Waals surface area contributed by atoms with E-state index in [2.05, 4.69) is 30.9 Å². The number of carbonyl (C=O) groups excluding carboxylic acids is 3. The van der Waals surface area contributed by atoms with Gasteiger partial charge in [0.05, 0.1) is 89.6 Å². The van der Waals surface area contributed by atoms with Crippen LogP contribution in [0.3, 0.4) is 0 Å². The molecule has 1 aromatic heterocycles. The number of carbonyl (C=O) groups is 3. The number of benzene rings is 2. The van der Waals surface area contributed by atoms with Gasteiger partial charge < -0.3 is 47.9 Å². The molecule has 2 heterocycles. The molecule has 1 N–H and O–H groups in total. The summed E-state index contributed by atoms with van der Waals surface area (Å²) in [4.78, 5) is 48.3. The molecule has 17 heteroatoms. The second-order valence-corrected chi connectivity index (χ2v) is 11.9. The van der Waals surface area contributed by atoms with Gasteiger partial charge in [0.25, 0.3) is 17.6 Å². The van der Waals surface area contributed by atoms with Gasteiger partial charge >= 0.3 is 0 Å². The van der Waals surface area contributed by atoms with Gasteiger partial charge in [-0.15, -0.1) is 0 Å². The number of halogens is 1. The lowest BCUT2D eigenvalue weighted by molar-refractivity contribution is -0.127. The quantitative estimate of drug-likeness (QED) is 0.0370. The lowest BCUT2D eigenvalue weighted by Crippen LogP contribution is -2.52. The number of hydrogen-bond donors (Lipinski definition) is 1. The first kappa shape index (κ1) is 39.6. The Morgan fingerprint density at radius 3 is 1.90 bits per heavy atom. The van der Waals surface area contributed by atoms with Crippen LogP contribution in [0.15, 0.2) is 52.2 Å². The molecule has 16 nitrogen and oxygen atoms in total. The average molecular weight is 776 g/mol. The third-order valence-corrected chi connectivity index (χ3v) is 8.40. The van der Waals surface area contributed by atoms with E-state index in [1.54, 1.807) is 41.3 Å². The number of aromatic amines is 1. The molecule has 0 aliphatic carbocycles. The maximum absolute atomic E-state index is 13.2. The molecule has 0 spiro atoms. The van der Waals surface area contributed by atoms with Crippen molar-refractivity contribution in [3.8, 4) is 11.5 Å². The Balaban J connectivity index is 1.04. The summed E-state index contributed by atoms with van der Waals surface area (Å²) in [5.74, 6) is -0.305. The lowest BCUT2D eigenvalue weighted by atomic mass is 10.1. The minimum Gasteiger partial charge on any atom is -0.496 e. The SMILES string of the molecule is COc1ccc(Br)c2[nH]cc(C(=O)C(=O)N3CCN(C(=O)c4ccc(OCCOCCOCCOCCOCCOCCN=[N+]=[N-])cc4)CC3)c12. The lowest BCUT2D eigenvalue weighted by Gasteiger charge is -2.34. The van der Waals surface area contributed by atoms with Crippen LogP contribution in [-0.2, 0) is 28.5 Å². The van der Waals surface area contributed by atoms with Crippen LogP contribution in [0.5, 0.6) is 11.5 Å². The smallest absolute Gasteiger partial charge is 0.295 e. The molecule has 2 aromatic carbocycles. The van der Waals surface area contributed by atoms with E-state index in [1.165, 1.54) is 18.2 Å². The predicted molar refractivity (Wildman–Crippen MR) is 189 cm³/mol. The highest BCUT2D eigenvalue weighted by Gasteiger charge is 2.31. The number of hydrogen-bond acceptors (Lipinski definition) is 11. The summed E-state index contributed by atoms with van der Waals surface area (Å²) >= 11 is 3.46. The van der Waals surface area contributed by atoms with E-state index in [-0.39, 0.29) is 24.6 Å². The fourth-order valence-electron chi connectivity index (χ4n) is 5.13. The molecule has 1 aliphatic heterocycles. The molecular formula is C34H43BrN6O10. The summed E-state index contributed by atoms with van der Waals surface area (Å²) in [5, 5.41) is 3.92. The van der Waals surface area contributed by atoms with Crippen LogP contribution >= 0.6 is 15.9 Å². The Labute approximate surface area is 303 Å².